The van der Waals surface area contributed by atoms with E-state index in [4.69, 9.17) is 9.47 Å². The molecule has 21 heavy (non-hydrogen) atoms. The van der Waals surface area contributed by atoms with Crippen LogP contribution in [-0.2, 0) is 9.53 Å². The van der Waals surface area contributed by atoms with Gasteiger partial charge in [0.1, 0.15) is 11.3 Å². The standard InChI is InChI=1S/C17H25NO3/c1-16(2)8-10-17(11-9-16,15(19)21-4)18-13-6-5-7-14(12-13)20-3/h5-7,12,18H,8-11H2,1-4H3. The smallest absolute Gasteiger partial charge is 0.331 e. The molecule has 0 atom stereocenters. The average Bonchev–Trinajstić information content (AvgIpc) is 2.49. The molecule has 1 N–H and O–H groups in total. The van der Waals surface area contributed by atoms with Crippen LogP contribution in [0.4, 0.5) is 5.69 Å². The number of ether oxygens (including phenoxy) is 2. The van der Waals surface area contributed by atoms with Crippen LogP contribution < -0.4 is 10.1 Å². The van der Waals surface area contributed by atoms with Crippen LogP contribution in [0.1, 0.15) is 39.5 Å². The number of methoxy groups -OCH3 is 2. The molecular formula is C17H25NO3. The van der Waals surface area contributed by atoms with Gasteiger partial charge in [0.25, 0.3) is 0 Å². The first-order valence-electron chi connectivity index (χ1n) is 7.41. The van der Waals surface area contributed by atoms with E-state index in [1.165, 1.54) is 7.11 Å². The number of benzene rings is 1. The van der Waals surface area contributed by atoms with Gasteiger partial charge in [0.05, 0.1) is 14.2 Å². The molecule has 0 aromatic heterocycles. The largest absolute Gasteiger partial charge is 0.497 e. The highest BCUT2D eigenvalue weighted by atomic mass is 16.5. The molecule has 4 heteroatoms. The summed E-state index contributed by atoms with van der Waals surface area (Å²) in [6.07, 6.45) is 3.56. The third kappa shape index (κ3) is 3.49. The van der Waals surface area contributed by atoms with Crippen molar-refractivity contribution in [2.45, 2.75) is 45.1 Å². The van der Waals surface area contributed by atoms with Crippen LogP contribution in [0.25, 0.3) is 0 Å². The minimum Gasteiger partial charge on any atom is -0.497 e. The van der Waals surface area contributed by atoms with E-state index in [0.717, 1.165) is 37.1 Å². The topological polar surface area (TPSA) is 47.6 Å². The summed E-state index contributed by atoms with van der Waals surface area (Å²) < 4.78 is 10.3. The number of anilines is 1. The van der Waals surface area contributed by atoms with Gasteiger partial charge in [-0.2, -0.15) is 0 Å². The van der Waals surface area contributed by atoms with E-state index in [1.54, 1.807) is 7.11 Å². The number of nitrogens with one attached hydrogen (secondary N) is 1. The Labute approximate surface area is 126 Å². The van der Waals surface area contributed by atoms with E-state index >= 15 is 0 Å². The van der Waals surface area contributed by atoms with Crippen molar-refractivity contribution in [1.82, 2.24) is 0 Å². The van der Waals surface area contributed by atoms with Gasteiger partial charge >= 0.3 is 5.97 Å². The van der Waals surface area contributed by atoms with Crippen molar-refractivity contribution in [3.8, 4) is 5.75 Å². The Balaban J connectivity index is 2.23. The first-order chi connectivity index (χ1) is 9.91. The second-order valence-corrected chi connectivity index (χ2v) is 6.59. The molecule has 2 rings (SSSR count). The molecule has 0 unspecified atom stereocenters. The summed E-state index contributed by atoms with van der Waals surface area (Å²) in [5.74, 6) is 0.594. The minimum atomic E-state index is -0.628. The molecule has 0 aliphatic heterocycles. The summed E-state index contributed by atoms with van der Waals surface area (Å²) in [5.41, 5.74) is 0.545. The molecule has 1 aliphatic rings. The molecule has 0 bridgehead atoms. The van der Waals surface area contributed by atoms with Gasteiger partial charge in [-0.1, -0.05) is 19.9 Å². The van der Waals surface area contributed by atoms with Gasteiger partial charge in [-0.3, -0.25) is 0 Å². The second kappa shape index (κ2) is 5.96. The Kier molecular flexibility index (Phi) is 4.45. The van der Waals surface area contributed by atoms with Crippen LogP contribution in [0.3, 0.4) is 0 Å². The lowest BCUT2D eigenvalue weighted by atomic mass is 9.69. The SMILES string of the molecule is COC(=O)C1(Nc2cccc(OC)c2)CCC(C)(C)CC1. The first-order valence-corrected chi connectivity index (χ1v) is 7.41. The predicted molar refractivity (Wildman–Crippen MR) is 83.6 cm³/mol. The van der Waals surface area contributed by atoms with Gasteiger partial charge in [0, 0.05) is 11.8 Å². The number of hydrogen-bond acceptors (Lipinski definition) is 4. The van der Waals surface area contributed by atoms with Gasteiger partial charge < -0.3 is 14.8 Å². The van der Waals surface area contributed by atoms with E-state index in [1.807, 2.05) is 24.3 Å². The van der Waals surface area contributed by atoms with Crippen LogP contribution in [0.2, 0.25) is 0 Å². The maximum atomic E-state index is 12.3. The molecule has 116 valence electrons. The maximum Gasteiger partial charge on any atom is 0.331 e. The third-order valence-corrected chi connectivity index (χ3v) is 4.49. The van der Waals surface area contributed by atoms with E-state index in [0.29, 0.717) is 0 Å². The van der Waals surface area contributed by atoms with Crippen LogP contribution >= 0.6 is 0 Å². The molecule has 1 aliphatic carbocycles. The van der Waals surface area contributed by atoms with Gasteiger partial charge in [-0.05, 0) is 43.2 Å². The summed E-state index contributed by atoms with van der Waals surface area (Å²) in [5, 5.41) is 3.40. The fourth-order valence-electron chi connectivity index (χ4n) is 2.91. The quantitative estimate of drug-likeness (QED) is 0.861. The van der Waals surface area contributed by atoms with Gasteiger partial charge in [-0.15, -0.1) is 0 Å². The summed E-state index contributed by atoms with van der Waals surface area (Å²) in [4.78, 5) is 12.3. The Morgan fingerprint density at radius 2 is 1.81 bits per heavy atom. The average molecular weight is 291 g/mol. The van der Waals surface area contributed by atoms with Crippen LogP contribution in [0, 0.1) is 5.41 Å². The van der Waals surface area contributed by atoms with Crippen LogP contribution in [-0.4, -0.2) is 25.7 Å². The Morgan fingerprint density at radius 3 is 2.38 bits per heavy atom. The zero-order valence-corrected chi connectivity index (χ0v) is 13.4. The van der Waals surface area contributed by atoms with Crippen molar-refractivity contribution < 1.29 is 14.3 Å². The maximum absolute atomic E-state index is 12.3. The van der Waals surface area contributed by atoms with Crippen molar-refractivity contribution in [1.29, 1.82) is 0 Å². The molecule has 0 amide bonds. The first kappa shape index (κ1) is 15.7. The van der Waals surface area contributed by atoms with Crippen molar-refractivity contribution in [2.75, 3.05) is 19.5 Å². The second-order valence-electron chi connectivity index (χ2n) is 6.59. The van der Waals surface area contributed by atoms with Gasteiger partial charge in [0.2, 0.25) is 0 Å². The van der Waals surface area contributed by atoms with E-state index in [2.05, 4.69) is 19.2 Å². The summed E-state index contributed by atoms with van der Waals surface area (Å²) >= 11 is 0. The highest BCUT2D eigenvalue weighted by molar-refractivity contribution is 5.84. The summed E-state index contributed by atoms with van der Waals surface area (Å²) in [6, 6.07) is 7.66. The van der Waals surface area contributed by atoms with Gasteiger partial charge in [-0.25, -0.2) is 4.79 Å². The summed E-state index contributed by atoms with van der Waals surface area (Å²) in [6.45, 7) is 4.50. The number of hydrogen-bond donors (Lipinski definition) is 1. The van der Waals surface area contributed by atoms with E-state index < -0.39 is 5.54 Å². The highest BCUT2D eigenvalue weighted by Gasteiger charge is 2.45. The van der Waals surface area contributed by atoms with Crippen molar-refractivity contribution in [2.24, 2.45) is 5.41 Å². The molecule has 0 radical (unpaired) electrons. The van der Waals surface area contributed by atoms with E-state index in [9.17, 15) is 4.79 Å². The minimum absolute atomic E-state index is 0.180. The van der Waals surface area contributed by atoms with Crippen LogP contribution in [0.15, 0.2) is 24.3 Å². The molecule has 1 aromatic rings. The molecular weight excluding hydrogens is 266 g/mol. The predicted octanol–water partition coefficient (Wildman–Crippen LogP) is 3.62. The Bertz CT molecular complexity index is 501. The van der Waals surface area contributed by atoms with Crippen molar-refractivity contribution in [3.05, 3.63) is 24.3 Å². The van der Waals surface area contributed by atoms with Crippen molar-refractivity contribution in [3.63, 3.8) is 0 Å². The third-order valence-electron chi connectivity index (χ3n) is 4.49. The molecule has 1 fully saturated rings. The van der Waals surface area contributed by atoms with Gasteiger partial charge in [0.15, 0.2) is 0 Å². The lowest BCUT2D eigenvalue weighted by Gasteiger charge is -2.42. The fourth-order valence-corrected chi connectivity index (χ4v) is 2.91. The number of carbonyl (C=O) groups excluding carboxylic acids is 1. The lowest BCUT2D eigenvalue weighted by Crippen LogP contribution is -2.51. The lowest BCUT2D eigenvalue weighted by molar-refractivity contribution is -0.148. The Morgan fingerprint density at radius 1 is 1.14 bits per heavy atom. The molecule has 1 saturated carbocycles. The Hall–Kier alpha value is -1.71. The normalized spacial score (nSPS) is 19.6. The van der Waals surface area contributed by atoms with Crippen molar-refractivity contribution >= 4 is 11.7 Å². The zero-order valence-electron chi connectivity index (χ0n) is 13.4. The number of rotatable bonds is 4. The molecule has 1 aromatic carbocycles. The number of carbonyl (C=O) groups is 1. The highest BCUT2D eigenvalue weighted by Crippen LogP contribution is 2.42. The van der Waals surface area contributed by atoms with E-state index in [-0.39, 0.29) is 11.4 Å². The zero-order chi connectivity index (χ0) is 15.5. The fraction of sp³-hybridized carbons (Fsp3) is 0.588. The molecule has 0 heterocycles. The number of esters is 1. The molecule has 4 nitrogen and oxygen atoms in total. The monoisotopic (exact) mass is 291 g/mol. The molecule has 0 saturated heterocycles. The molecule has 0 spiro atoms. The van der Waals surface area contributed by atoms with Crippen LogP contribution in [0.5, 0.6) is 5.75 Å². The summed E-state index contributed by atoms with van der Waals surface area (Å²) in [7, 11) is 3.09.